The molecular weight excluding hydrogens is 440 g/mol. The summed E-state index contributed by atoms with van der Waals surface area (Å²) in [6.45, 7) is 4.18. The largest absolute Gasteiger partial charge is 0.312 e. The second kappa shape index (κ2) is 7.84. The normalized spacial score (nSPS) is 19.0. The smallest absolute Gasteiger partial charge is 0.230 e. The Kier molecular flexibility index (Phi) is 5.08. The molecule has 33 heavy (non-hydrogen) atoms. The SMILES string of the molecule is Cc1cccc(N2CC(C(=O)Nc3c4c(nn3-c3cccc(C)c3)CS(=O)(=O)C4)CC2=O)c1. The number of fused-ring (bicyclic) bond motifs is 1. The Balaban J connectivity index is 1.44. The van der Waals surface area contributed by atoms with Gasteiger partial charge in [0.1, 0.15) is 5.82 Å². The van der Waals surface area contributed by atoms with E-state index in [4.69, 9.17) is 0 Å². The van der Waals surface area contributed by atoms with Crippen LogP contribution in [0.1, 0.15) is 28.8 Å². The lowest BCUT2D eigenvalue weighted by atomic mass is 10.1. The first-order valence-corrected chi connectivity index (χ1v) is 12.6. The van der Waals surface area contributed by atoms with Gasteiger partial charge in [-0.25, -0.2) is 13.1 Å². The third kappa shape index (κ3) is 4.04. The minimum absolute atomic E-state index is 0.0961. The van der Waals surface area contributed by atoms with E-state index < -0.39 is 15.8 Å². The van der Waals surface area contributed by atoms with Crippen LogP contribution in [0.3, 0.4) is 0 Å². The molecule has 1 N–H and O–H groups in total. The number of amides is 2. The predicted molar refractivity (Wildman–Crippen MR) is 125 cm³/mol. The maximum absolute atomic E-state index is 13.2. The van der Waals surface area contributed by atoms with E-state index in [-0.39, 0.29) is 36.3 Å². The molecule has 2 aliphatic rings. The topological polar surface area (TPSA) is 101 Å². The van der Waals surface area contributed by atoms with Gasteiger partial charge >= 0.3 is 0 Å². The highest BCUT2D eigenvalue weighted by Crippen LogP contribution is 2.34. The fourth-order valence-electron chi connectivity index (χ4n) is 4.46. The molecule has 170 valence electrons. The lowest BCUT2D eigenvalue weighted by Crippen LogP contribution is -2.29. The van der Waals surface area contributed by atoms with Crippen LogP contribution >= 0.6 is 0 Å². The predicted octanol–water partition coefficient (Wildman–Crippen LogP) is 2.91. The van der Waals surface area contributed by atoms with E-state index in [0.717, 1.165) is 22.5 Å². The van der Waals surface area contributed by atoms with Crippen molar-refractivity contribution in [2.75, 3.05) is 16.8 Å². The number of nitrogens with one attached hydrogen (secondary N) is 1. The molecule has 1 atom stereocenters. The third-order valence-corrected chi connectivity index (χ3v) is 7.53. The average Bonchev–Trinajstić information content (AvgIpc) is 3.38. The van der Waals surface area contributed by atoms with Gasteiger partial charge in [0, 0.05) is 24.2 Å². The van der Waals surface area contributed by atoms with Gasteiger partial charge < -0.3 is 10.2 Å². The van der Waals surface area contributed by atoms with Crippen LogP contribution in [0.5, 0.6) is 0 Å². The van der Waals surface area contributed by atoms with Crippen LogP contribution < -0.4 is 10.2 Å². The van der Waals surface area contributed by atoms with Crippen molar-refractivity contribution in [2.24, 2.45) is 5.92 Å². The highest BCUT2D eigenvalue weighted by Gasteiger charge is 2.38. The standard InChI is InChI=1S/C24H24N4O4S/c1-15-5-3-7-18(9-15)27-12-17(11-22(27)29)24(30)25-23-20-13-33(31,32)14-21(20)26-28(23)19-8-4-6-16(2)10-19/h3-10,17H,11-14H2,1-2H3,(H,25,30). The molecule has 3 aromatic rings. The van der Waals surface area contributed by atoms with E-state index in [2.05, 4.69) is 10.4 Å². The van der Waals surface area contributed by atoms with Gasteiger partial charge in [0.25, 0.3) is 0 Å². The minimum Gasteiger partial charge on any atom is -0.312 e. The third-order valence-electron chi connectivity index (χ3n) is 6.08. The summed E-state index contributed by atoms with van der Waals surface area (Å²) in [7, 11) is -3.29. The Labute approximate surface area is 192 Å². The van der Waals surface area contributed by atoms with Crippen LogP contribution in [0.25, 0.3) is 5.69 Å². The van der Waals surface area contributed by atoms with Gasteiger partial charge in [0.2, 0.25) is 11.8 Å². The summed E-state index contributed by atoms with van der Waals surface area (Å²) in [6, 6.07) is 15.2. The number of carbonyl (C=O) groups excluding carboxylic acids is 2. The van der Waals surface area contributed by atoms with Gasteiger partial charge in [-0.15, -0.1) is 0 Å². The number of benzene rings is 2. The van der Waals surface area contributed by atoms with Crippen LogP contribution in [-0.4, -0.2) is 36.6 Å². The second-order valence-corrected chi connectivity index (χ2v) is 10.9. The monoisotopic (exact) mass is 464 g/mol. The van der Waals surface area contributed by atoms with E-state index in [9.17, 15) is 18.0 Å². The fraction of sp³-hybridized carbons (Fsp3) is 0.292. The first-order chi connectivity index (χ1) is 15.7. The van der Waals surface area contributed by atoms with Crippen molar-refractivity contribution in [3.8, 4) is 5.69 Å². The molecule has 3 heterocycles. The van der Waals surface area contributed by atoms with Crippen LogP contribution in [0.4, 0.5) is 11.5 Å². The molecule has 0 radical (unpaired) electrons. The van der Waals surface area contributed by atoms with Gasteiger partial charge in [-0.3, -0.25) is 9.59 Å². The molecule has 5 rings (SSSR count). The summed E-state index contributed by atoms with van der Waals surface area (Å²) in [4.78, 5) is 27.5. The van der Waals surface area contributed by atoms with Gasteiger partial charge in [-0.2, -0.15) is 5.10 Å². The maximum Gasteiger partial charge on any atom is 0.230 e. The van der Waals surface area contributed by atoms with E-state index in [1.807, 2.05) is 62.4 Å². The molecule has 2 aromatic carbocycles. The highest BCUT2D eigenvalue weighted by atomic mass is 32.2. The first-order valence-electron chi connectivity index (χ1n) is 10.8. The number of anilines is 2. The number of rotatable bonds is 4. The molecule has 0 bridgehead atoms. The Morgan fingerprint density at radius 2 is 1.70 bits per heavy atom. The van der Waals surface area contributed by atoms with Crippen LogP contribution in [-0.2, 0) is 30.9 Å². The summed E-state index contributed by atoms with van der Waals surface area (Å²) < 4.78 is 26.0. The summed E-state index contributed by atoms with van der Waals surface area (Å²) in [6.07, 6.45) is 0.0961. The summed E-state index contributed by atoms with van der Waals surface area (Å²) >= 11 is 0. The van der Waals surface area contributed by atoms with Crippen molar-refractivity contribution < 1.29 is 18.0 Å². The number of nitrogens with zero attached hydrogens (tertiary/aromatic N) is 3. The molecule has 0 aliphatic carbocycles. The zero-order valence-electron chi connectivity index (χ0n) is 18.4. The van der Waals surface area contributed by atoms with Crippen LogP contribution in [0, 0.1) is 19.8 Å². The fourth-order valence-corrected chi connectivity index (χ4v) is 5.96. The van der Waals surface area contributed by atoms with Crippen molar-refractivity contribution in [1.29, 1.82) is 0 Å². The zero-order valence-corrected chi connectivity index (χ0v) is 19.2. The molecule has 1 unspecified atom stereocenters. The second-order valence-electron chi connectivity index (χ2n) is 8.79. The van der Waals surface area contributed by atoms with Gasteiger partial charge in [0.15, 0.2) is 9.84 Å². The molecule has 1 fully saturated rings. The quantitative estimate of drug-likeness (QED) is 0.640. The molecule has 0 saturated carbocycles. The van der Waals surface area contributed by atoms with Crippen molar-refractivity contribution >= 4 is 33.2 Å². The lowest BCUT2D eigenvalue weighted by Gasteiger charge is -2.17. The van der Waals surface area contributed by atoms with Crippen molar-refractivity contribution in [3.63, 3.8) is 0 Å². The number of sulfone groups is 1. The zero-order chi connectivity index (χ0) is 23.3. The van der Waals surface area contributed by atoms with Gasteiger partial charge in [-0.05, 0) is 49.2 Å². The van der Waals surface area contributed by atoms with Crippen LogP contribution in [0.2, 0.25) is 0 Å². The minimum atomic E-state index is -3.29. The molecule has 1 aromatic heterocycles. The van der Waals surface area contributed by atoms with E-state index in [0.29, 0.717) is 17.1 Å². The lowest BCUT2D eigenvalue weighted by molar-refractivity contribution is -0.122. The molecule has 2 amide bonds. The summed E-state index contributed by atoms with van der Waals surface area (Å²) in [5.74, 6) is -0.925. The van der Waals surface area contributed by atoms with Crippen molar-refractivity contribution in [2.45, 2.75) is 31.8 Å². The number of aryl methyl sites for hydroxylation is 2. The Hall–Kier alpha value is -3.46. The van der Waals surface area contributed by atoms with Gasteiger partial charge in [-0.1, -0.05) is 24.3 Å². The molecule has 2 aliphatic heterocycles. The van der Waals surface area contributed by atoms with E-state index >= 15 is 0 Å². The Morgan fingerprint density at radius 1 is 1.03 bits per heavy atom. The number of hydrogen-bond acceptors (Lipinski definition) is 5. The highest BCUT2D eigenvalue weighted by molar-refractivity contribution is 7.90. The summed E-state index contributed by atoms with van der Waals surface area (Å²) in [5.41, 5.74) is 4.53. The van der Waals surface area contributed by atoms with Gasteiger partial charge in [0.05, 0.1) is 28.8 Å². The maximum atomic E-state index is 13.2. The van der Waals surface area contributed by atoms with Crippen molar-refractivity contribution in [1.82, 2.24) is 9.78 Å². The van der Waals surface area contributed by atoms with E-state index in [1.54, 1.807) is 9.58 Å². The molecule has 9 heteroatoms. The summed E-state index contributed by atoms with van der Waals surface area (Å²) in [5, 5.41) is 7.42. The Bertz CT molecular complexity index is 1390. The molecular formula is C24H24N4O4S. The number of hydrogen-bond donors (Lipinski definition) is 1. The van der Waals surface area contributed by atoms with Crippen LogP contribution in [0.15, 0.2) is 48.5 Å². The Morgan fingerprint density at radius 3 is 2.39 bits per heavy atom. The first kappa shape index (κ1) is 21.4. The average molecular weight is 465 g/mol. The molecule has 1 saturated heterocycles. The van der Waals surface area contributed by atoms with E-state index in [1.165, 1.54) is 0 Å². The van der Waals surface area contributed by atoms with Crippen molar-refractivity contribution in [3.05, 3.63) is 70.9 Å². The molecule has 8 nitrogen and oxygen atoms in total. The number of carbonyl (C=O) groups is 2. The number of aromatic nitrogens is 2. The molecule has 0 spiro atoms.